The Kier molecular flexibility index (Phi) is 6.61. The van der Waals surface area contributed by atoms with Gasteiger partial charge in [-0.15, -0.1) is 10.2 Å². The number of hydrogen-bond acceptors (Lipinski definition) is 5. The van der Waals surface area contributed by atoms with Crippen LogP contribution in [0.3, 0.4) is 0 Å². The van der Waals surface area contributed by atoms with Crippen molar-refractivity contribution in [2.75, 3.05) is 18.5 Å². The molecule has 1 N–H and O–H groups in total. The molecule has 4 rings (SSSR count). The predicted octanol–water partition coefficient (Wildman–Crippen LogP) is 4.66. The predicted molar refractivity (Wildman–Crippen MR) is 126 cm³/mol. The fraction of sp³-hybridized carbons (Fsp3) is 0.375. The van der Waals surface area contributed by atoms with E-state index in [4.69, 9.17) is 0 Å². The average Bonchev–Trinajstić information content (AvgIpc) is 3.22. The van der Waals surface area contributed by atoms with Crippen LogP contribution >= 0.6 is 11.8 Å². The molecule has 0 unspecified atom stereocenters. The molecule has 0 fully saturated rings. The third-order valence-corrected chi connectivity index (χ3v) is 6.65. The molecule has 162 valence electrons. The summed E-state index contributed by atoms with van der Waals surface area (Å²) in [6.45, 7) is 7.84. The standard InChI is InChI=1S/C24H29N5OS/c1-4-15-28(16-5-2)23(30)21-20(18-13-11-17(3)12-14-18)27-29-22(25-26-24(29)31-21)19-9-7-6-8-10-19/h6-14,20-21,27H,4-5,15-16H2,1-3H3/t20-,21+/m0/s1. The van der Waals surface area contributed by atoms with Crippen LogP contribution in [0.25, 0.3) is 11.4 Å². The summed E-state index contributed by atoms with van der Waals surface area (Å²) in [4.78, 5) is 15.6. The Morgan fingerprint density at radius 2 is 1.71 bits per heavy atom. The van der Waals surface area contributed by atoms with E-state index in [9.17, 15) is 4.79 Å². The summed E-state index contributed by atoms with van der Waals surface area (Å²) in [5.41, 5.74) is 6.84. The normalized spacial score (nSPS) is 17.6. The third kappa shape index (κ3) is 4.46. The minimum atomic E-state index is -0.305. The van der Waals surface area contributed by atoms with Gasteiger partial charge in [0.2, 0.25) is 11.1 Å². The quantitative estimate of drug-likeness (QED) is 0.585. The molecule has 0 bridgehead atoms. The molecule has 1 aliphatic heterocycles. The van der Waals surface area contributed by atoms with Crippen molar-refractivity contribution in [3.8, 4) is 11.4 Å². The number of carbonyl (C=O) groups excluding carboxylic acids is 1. The Labute approximate surface area is 188 Å². The number of fused-ring (bicyclic) bond motifs is 1. The molecule has 0 saturated carbocycles. The second kappa shape index (κ2) is 9.56. The van der Waals surface area contributed by atoms with Gasteiger partial charge in [0.1, 0.15) is 5.25 Å². The van der Waals surface area contributed by atoms with Crippen LogP contribution in [0.2, 0.25) is 0 Å². The lowest BCUT2D eigenvalue weighted by molar-refractivity contribution is -0.131. The Bertz CT molecular complexity index is 1010. The summed E-state index contributed by atoms with van der Waals surface area (Å²) in [7, 11) is 0. The van der Waals surface area contributed by atoms with Gasteiger partial charge in [0.05, 0.1) is 6.04 Å². The zero-order chi connectivity index (χ0) is 21.8. The van der Waals surface area contributed by atoms with E-state index in [-0.39, 0.29) is 17.2 Å². The van der Waals surface area contributed by atoms with Crippen LogP contribution in [0.1, 0.15) is 43.9 Å². The Hall–Kier alpha value is -2.80. The number of nitrogens with zero attached hydrogens (tertiary/aromatic N) is 4. The first-order chi connectivity index (χ1) is 15.1. The molecule has 2 aromatic carbocycles. The lowest BCUT2D eigenvalue weighted by Crippen LogP contribution is -2.46. The van der Waals surface area contributed by atoms with Gasteiger partial charge >= 0.3 is 0 Å². The van der Waals surface area contributed by atoms with Crippen molar-refractivity contribution in [2.45, 2.75) is 50.1 Å². The van der Waals surface area contributed by atoms with E-state index in [1.54, 1.807) is 0 Å². The van der Waals surface area contributed by atoms with E-state index in [1.807, 2.05) is 39.9 Å². The fourth-order valence-electron chi connectivity index (χ4n) is 3.89. The maximum Gasteiger partial charge on any atom is 0.238 e. The summed E-state index contributed by atoms with van der Waals surface area (Å²) in [6.07, 6.45) is 1.89. The Morgan fingerprint density at radius 3 is 2.35 bits per heavy atom. The zero-order valence-electron chi connectivity index (χ0n) is 18.3. The molecule has 2 atom stereocenters. The highest BCUT2D eigenvalue weighted by Crippen LogP contribution is 2.39. The monoisotopic (exact) mass is 435 g/mol. The number of hydrogen-bond donors (Lipinski definition) is 1. The van der Waals surface area contributed by atoms with Crippen molar-refractivity contribution < 1.29 is 4.79 Å². The van der Waals surface area contributed by atoms with Crippen LogP contribution in [-0.2, 0) is 4.79 Å². The van der Waals surface area contributed by atoms with Gasteiger partial charge in [-0.1, -0.05) is 85.8 Å². The highest BCUT2D eigenvalue weighted by Gasteiger charge is 2.39. The SMILES string of the molecule is CCCN(CCC)C(=O)[C@@H]1Sc2nnc(-c3ccccc3)n2N[C@H]1c1ccc(C)cc1. The van der Waals surface area contributed by atoms with Crippen LogP contribution in [0.15, 0.2) is 59.8 Å². The second-order valence-corrected chi connectivity index (χ2v) is 9.00. The first kappa shape index (κ1) is 21.4. The van der Waals surface area contributed by atoms with Crippen LogP contribution < -0.4 is 5.43 Å². The molecule has 2 heterocycles. The van der Waals surface area contributed by atoms with Crippen molar-refractivity contribution in [3.05, 3.63) is 65.7 Å². The summed E-state index contributed by atoms with van der Waals surface area (Å²) >= 11 is 1.50. The fourth-order valence-corrected chi connectivity index (χ4v) is 5.06. The van der Waals surface area contributed by atoms with Crippen molar-refractivity contribution in [1.29, 1.82) is 0 Å². The zero-order valence-corrected chi connectivity index (χ0v) is 19.1. The van der Waals surface area contributed by atoms with Gasteiger partial charge in [-0.3, -0.25) is 4.79 Å². The lowest BCUT2D eigenvalue weighted by Gasteiger charge is -2.36. The molecule has 7 heteroatoms. The van der Waals surface area contributed by atoms with Gasteiger partial charge in [0, 0.05) is 18.7 Å². The molecule has 1 aliphatic rings. The van der Waals surface area contributed by atoms with E-state index in [2.05, 4.69) is 60.7 Å². The molecule has 0 radical (unpaired) electrons. The summed E-state index contributed by atoms with van der Waals surface area (Å²) in [5, 5.41) is 9.24. The van der Waals surface area contributed by atoms with Crippen LogP contribution in [-0.4, -0.2) is 44.0 Å². The number of amides is 1. The summed E-state index contributed by atoms with van der Waals surface area (Å²) in [5.74, 6) is 0.910. The molecule has 0 saturated heterocycles. The Morgan fingerprint density at radius 1 is 1.03 bits per heavy atom. The van der Waals surface area contributed by atoms with E-state index < -0.39 is 0 Å². The molecule has 1 aromatic heterocycles. The molecule has 3 aromatic rings. The van der Waals surface area contributed by atoms with Crippen molar-refractivity contribution in [2.24, 2.45) is 0 Å². The van der Waals surface area contributed by atoms with Gasteiger partial charge in [-0.25, -0.2) is 4.68 Å². The highest BCUT2D eigenvalue weighted by molar-refractivity contribution is 8.00. The third-order valence-electron chi connectivity index (χ3n) is 5.45. The Balaban J connectivity index is 1.73. The van der Waals surface area contributed by atoms with Gasteiger partial charge < -0.3 is 10.3 Å². The average molecular weight is 436 g/mol. The topological polar surface area (TPSA) is 63.1 Å². The highest BCUT2D eigenvalue weighted by atomic mass is 32.2. The maximum absolute atomic E-state index is 13.6. The van der Waals surface area contributed by atoms with Gasteiger partial charge in [0.15, 0.2) is 5.82 Å². The molecule has 1 amide bonds. The van der Waals surface area contributed by atoms with Crippen molar-refractivity contribution in [3.63, 3.8) is 0 Å². The maximum atomic E-state index is 13.6. The number of aryl methyl sites for hydroxylation is 1. The smallest absolute Gasteiger partial charge is 0.238 e. The lowest BCUT2D eigenvalue weighted by atomic mass is 10.0. The first-order valence-corrected chi connectivity index (χ1v) is 11.8. The van der Waals surface area contributed by atoms with E-state index >= 15 is 0 Å². The number of carbonyl (C=O) groups is 1. The number of nitrogens with one attached hydrogen (secondary N) is 1. The van der Waals surface area contributed by atoms with Crippen molar-refractivity contribution in [1.82, 2.24) is 19.8 Å². The van der Waals surface area contributed by atoms with Crippen LogP contribution in [0, 0.1) is 6.92 Å². The number of aromatic nitrogens is 3. The van der Waals surface area contributed by atoms with Crippen LogP contribution in [0.4, 0.5) is 0 Å². The van der Waals surface area contributed by atoms with E-state index in [0.717, 1.165) is 42.9 Å². The van der Waals surface area contributed by atoms with Gasteiger partial charge in [-0.2, -0.15) is 0 Å². The number of benzene rings is 2. The molecular weight excluding hydrogens is 406 g/mol. The second-order valence-electron chi connectivity index (χ2n) is 7.89. The van der Waals surface area contributed by atoms with Gasteiger partial charge in [-0.05, 0) is 25.3 Å². The minimum Gasteiger partial charge on any atom is -0.342 e. The molecule has 31 heavy (non-hydrogen) atoms. The van der Waals surface area contributed by atoms with Gasteiger partial charge in [0.25, 0.3) is 0 Å². The van der Waals surface area contributed by atoms with Crippen molar-refractivity contribution >= 4 is 17.7 Å². The largest absolute Gasteiger partial charge is 0.342 e. The molecule has 6 nitrogen and oxygen atoms in total. The van der Waals surface area contributed by atoms with E-state index in [1.165, 1.54) is 17.3 Å². The first-order valence-electron chi connectivity index (χ1n) is 10.9. The number of thioether (sulfide) groups is 1. The molecule has 0 spiro atoms. The minimum absolute atomic E-state index is 0.155. The summed E-state index contributed by atoms with van der Waals surface area (Å²) < 4.78 is 1.93. The molecular formula is C24H29N5OS. The molecule has 0 aliphatic carbocycles. The summed E-state index contributed by atoms with van der Waals surface area (Å²) in [6, 6.07) is 18.2. The van der Waals surface area contributed by atoms with E-state index in [0.29, 0.717) is 5.16 Å². The number of rotatable bonds is 7. The van der Waals surface area contributed by atoms with Crippen LogP contribution in [0.5, 0.6) is 0 Å².